The number of aromatic nitrogens is 3. The number of aryl methyl sites for hydroxylation is 1. The molecule has 4 nitrogen and oxygen atoms in total. The fourth-order valence-corrected chi connectivity index (χ4v) is 3.27. The molecule has 100 valence electrons. The second-order valence-corrected chi connectivity index (χ2v) is 6.31. The van der Waals surface area contributed by atoms with Gasteiger partial charge in [0.15, 0.2) is 5.82 Å². The van der Waals surface area contributed by atoms with Crippen LogP contribution in [-0.4, -0.2) is 14.8 Å². The Kier molecular flexibility index (Phi) is 2.93. The van der Waals surface area contributed by atoms with Crippen LogP contribution < -0.4 is 5.73 Å². The monoisotopic (exact) mass is 248 g/mol. The minimum atomic E-state index is -0.297. The predicted octanol–water partition coefficient (Wildman–Crippen LogP) is 2.45. The molecule has 1 unspecified atom stereocenters. The Balaban J connectivity index is 1.85. The third-order valence-corrected chi connectivity index (χ3v) is 4.66. The molecule has 0 saturated heterocycles. The van der Waals surface area contributed by atoms with Gasteiger partial charge in [-0.2, -0.15) is 5.10 Å². The normalized spacial score (nSPS) is 25.1. The van der Waals surface area contributed by atoms with Crippen LogP contribution in [0.5, 0.6) is 0 Å². The molecule has 2 aliphatic rings. The third kappa shape index (κ3) is 2.07. The van der Waals surface area contributed by atoms with Crippen molar-refractivity contribution < 1.29 is 0 Å². The summed E-state index contributed by atoms with van der Waals surface area (Å²) in [6.07, 6.45) is 8.97. The van der Waals surface area contributed by atoms with E-state index < -0.39 is 0 Å². The first-order valence-electron chi connectivity index (χ1n) is 7.29. The Morgan fingerprint density at radius 3 is 2.44 bits per heavy atom. The van der Waals surface area contributed by atoms with Crippen LogP contribution in [0.2, 0.25) is 0 Å². The summed E-state index contributed by atoms with van der Waals surface area (Å²) in [5.41, 5.74) is 6.17. The van der Waals surface area contributed by atoms with Crippen molar-refractivity contribution in [1.29, 1.82) is 0 Å². The van der Waals surface area contributed by atoms with E-state index in [0.29, 0.717) is 11.8 Å². The zero-order chi connectivity index (χ0) is 12.8. The molecule has 1 aromatic heterocycles. The van der Waals surface area contributed by atoms with Gasteiger partial charge in [0.2, 0.25) is 0 Å². The highest BCUT2D eigenvalue weighted by atomic mass is 15.3. The summed E-state index contributed by atoms with van der Waals surface area (Å²) < 4.78 is 1.92. The molecule has 0 aromatic carbocycles. The second-order valence-electron chi connectivity index (χ2n) is 6.31. The first-order chi connectivity index (χ1) is 8.59. The van der Waals surface area contributed by atoms with Crippen molar-refractivity contribution in [3.63, 3.8) is 0 Å². The maximum absolute atomic E-state index is 6.46. The van der Waals surface area contributed by atoms with Gasteiger partial charge in [-0.25, -0.2) is 4.98 Å². The molecule has 18 heavy (non-hydrogen) atoms. The van der Waals surface area contributed by atoms with Crippen LogP contribution in [0.15, 0.2) is 0 Å². The van der Waals surface area contributed by atoms with Gasteiger partial charge in [-0.15, -0.1) is 0 Å². The summed E-state index contributed by atoms with van der Waals surface area (Å²) in [5, 5.41) is 4.64. The van der Waals surface area contributed by atoms with Crippen LogP contribution in [0, 0.1) is 5.92 Å². The highest BCUT2D eigenvalue weighted by molar-refractivity contribution is 5.13. The van der Waals surface area contributed by atoms with E-state index in [0.717, 1.165) is 11.6 Å². The highest BCUT2D eigenvalue weighted by Gasteiger charge is 2.43. The Morgan fingerprint density at radius 1 is 1.17 bits per heavy atom. The lowest BCUT2D eigenvalue weighted by molar-refractivity contribution is 0.382. The fraction of sp³-hybridized carbons (Fsp3) is 0.857. The third-order valence-electron chi connectivity index (χ3n) is 4.66. The Hall–Kier alpha value is -0.900. The molecule has 1 aromatic rings. The number of hydrogen-bond donors (Lipinski definition) is 1. The van der Waals surface area contributed by atoms with Gasteiger partial charge < -0.3 is 5.73 Å². The van der Waals surface area contributed by atoms with E-state index in [2.05, 4.69) is 12.0 Å². The van der Waals surface area contributed by atoms with Gasteiger partial charge in [0, 0.05) is 13.0 Å². The van der Waals surface area contributed by atoms with Gasteiger partial charge >= 0.3 is 0 Å². The van der Waals surface area contributed by atoms with E-state index in [4.69, 9.17) is 10.7 Å². The maximum atomic E-state index is 6.46. The summed E-state index contributed by atoms with van der Waals surface area (Å²) in [6, 6.07) is 0. The van der Waals surface area contributed by atoms with Crippen LogP contribution in [0.3, 0.4) is 0 Å². The van der Waals surface area contributed by atoms with Crippen molar-refractivity contribution in [1.82, 2.24) is 14.8 Å². The van der Waals surface area contributed by atoms with E-state index in [-0.39, 0.29) is 5.54 Å². The van der Waals surface area contributed by atoms with Crippen LogP contribution in [-0.2, 0) is 12.6 Å². The summed E-state index contributed by atoms with van der Waals surface area (Å²) in [4.78, 5) is 4.79. The van der Waals surface area contributed by atoms with Gasteiger partial charge in [0.1, 0.15) is 5.82 Å². The molecule has 3 rings (SSSR count). The van der Waals surface area contributed by atoms with E-state index in [1.165, 1.54) is 44.9 Å². The lowest BCUT2D eigenvalue weighted by Crippen LogP contribution is -2.38. The maximum Gasteiger partial charge on any atom is 0.154 e. The summed E-state index contributed by atoms with van der Waals surface area (Å²) in [5.74, 6) is 3.17. The average molecular weight is 248 g/mol. The molecule has 0 aliphatic heterocycles. The minimum Gasteiger partial charge on any atom is -0.319 e. The van der Waals surface area contributed by atoms with Gasteiger partial charge in [0.05, 0.1) is 5.54 Å². The van der Waals surface area contributed by atoms with Crippen LogP contribution in [0.25, 0.3) is 0 Å². The summed E-state index contributed by atoms with van der Waals surface area (Å²) >= 11 is 0. The van der Waals surface area contributed by atoms with E-state index >= 15 is 0 Å². The van der Waals surface area contributed by atoms with Crippen LogP contribution in [0.1, 0.15) is 69.4 Å². The van der Waals surface area contributed by atoms with Crippen molar-refractivity contribution in [2.45, 2.75) is 63.3 Å². The van der Waals surface area contributed by atoms with Crippen LogP contribution in [0.4, 0.5) is 0 Å². The van der Waals surface area contributed by atoms with Gasteiger partial charge in [-0.1, -0.05) is 19.3 Å². The molecule has 2 fully saturated rings. The Labute approximate surface area is 109 Å². The Morgan fingerprint density at radius 2 is 1.83 bits per heavy atom. The molecule has 0 amide bonds. The molecule has 0 bridgehead atoms. The predicted molar refractivity (Wildman–Crippen MR) is 71.1 cm³/mol. The van der Waals surface area contributed by atoms with E-state index in [1.54, 1.807) is 0 Å². The minimum absolute atomic E-state index is 0.297. The van der Waals surface area contributed by atoms with Gasteiger partial charge in [-0.3, -0.25) is 4.68 Å². The zero-order valence-electron chi connectivity index (χ0n) is 11.5. The van der Waals surface area contributed by atoms with Crippen molar-refractivity contribution in [3.8, 4) is 0 Å². The molecule has 2 saturated carbocycles. The average Bonchev–Trinajstić information content (AvgIpc) is 3.14. The molecular weight excluding hydrogens is 224 g/mol. The van der Waals surface area contributed by atoms with Crippen molar-refractivity contribution in [3.05, 3.63) is 11.6 Å². The quantitative estimate of drug-likeness (QED) is 0.894. The van der Waals surface area contributed by atoms with E-state index in [1.807, 2.05) is 11.7 Å². The van der Waals surface area contributed by atoms with Gasteiger partial charge in [0.25, 0.3) is 0 Å². The number of nitrogens with two attached hydrogens (primary N) is 1. The molecule has 1 heterocycles. The first-order valence-corrected chi connectivity index (χ1v) is 7.29. The van der Waals surface area contributed by atoms with Crippen LogP contribution >= 0.6 is 0 Å². The number of nitrogens with zero attached hydrogens (tertiary/aromatic N) is 3. The fourth-order valence-electron chi connectivity index (χ4n) is 3.27. The first kappa shape index (κ1) is 12.2. The molecule has 1 atom stereocenters. The number of rotatable bonds is 3. The number of hydrogen-bond acceptors (Lipinski definition) is 3. The SMILES string of the molecule is Cn1nc(C2CCCCC2)nc1C(C)(N)C1CC1. The summed E-state index contributed by atoms with van der Waals surface area (Å²) in [6.45, 7) is 2.11. The largest absolute Gasteiger partial charge is 0.319 e. The molecule has 2 aliphatic carbocycles. The molecule has 4 heteroatoms. The van der Waals surface area contributed by atoms with Crippen molar-refractivity contribution in [2.75, 3.05) is 0 Å². The topological polar surface area (TPSA) is 56.7 Å². The lowest BCUT2D eigenvalue weighted by atomic mass is 9.89. The lowest BCUT2D eigenvalue weighted by Gasteiger charge is -2.22. The van der Waals surface area contributed by atoms with Crippen molar-refractivity contribution in [2.24, 2.45) is 18.7 Å². The Bertz CT molecular complexity index is 425. The van der Waals surface area contributed by atoms with Crippen molar-refractivity contribution >= 4 is 0 Å². The second kappa shape index (κ2) is 4.34. The zero-order valence-corrected chi connectivity index (χ0v) is 11.5. The molecule has 2 N–H and O–H groups in total. The highest BCUT2D eigenvalue weighted by Crippen LogP contribution is 2.43. The van der Waals surface area contributed by atoms with E-state index in [9.17, 15) is 0 Å². The standard InChI is InChI=1S/C14H24N4/c1-14(15,11-8-9-11)13-16-12(17-18(13)2)10-6-4-3-5-7-10/h10-11H,3-9,15H2,1-2H3. The molecule has 0 radical (unpaired) electrons. The molecule has 0 spiro atoms. The smallest absolute Gasteiger partial charge is 0.154 e. The van der Waals surface area contributed by atoms with Gasteiger partial charge in [-0.05, 0) is 38.5 Å². The molecular formula is C14H24N4. The summed E-state index contributed by atoms with van der Waals surface area (Å²) in [7, 11) is 1.99.